The average molecular weight is 471 g/mol. The summed E-state index contributed by atoms with van der Waals surface area (Å²) >= 11 is 1.07. The maximum absolute atomic E-state index is 13.2. The zero-order valence-electron chi connectivity index (χ0n) is 17.4. The molecule has 2 fully saturated rings. The molecule has 0 unspecified atom stereocenters. The van der Waals surface area contributed by atoms with Crippen molar-refractivity contribution in [3.05, 3.63) is 18.2 Å². The third-order valence-electron chi connectivity index (χ3n) is 6.30. The van der Waals surface area contributed by atoms with Crippen LogP contribution in [0.5, 0.6) is 5.75 Å². The Morgan fingerprint density at radius 3 is 2.72 bits per heavy atom. The normalized spacial score (nSPS) is 20.6. The summed E-state index contributed by atoms with van der Waals surface area (Å²) in [6.07, 6.45) is 0.536. The second kappa shape index (κ2) is 8.86. The largest absolute Gasteiger partial charge is 0.573 e. The zero-order chi connectivity index (χ0) is 22.9. The summed E-state index contributed by atoms with van der Waals surface area (Å²) in [6.45, 7) is 0.953. The first-order valence-electron chi connectivity index (χ1n) is 10.7. The predicted octanol–water partition coefficient (Wildman–Crippen LogP) is 4.03. The molecule has 1 saturated heterocycles. The maximum Gasteiger partial charge on any atom is 0.573 e. The van der Waals surface area contributed by atoms with Gasteiger partial charge in [0.25, 0.3) is 0 Å². The second-order valence-corrected chi connectivity index (χ2v) is 9.47. The number of likely N-dealkylation sites (tertiary alicyclic amines) is 1. The van der Waals surface area contributed by atoms with Gasteiger partial charge in [-0.2, -0.15) is 0 Å². The standard InChI is InChI=1S/C21H25F3N4O3S/c22-21(23,24)31-14-5-6-15-16(11-14)32-19(26-15)27-17(29)10-13-4-3-9-28(13)18(30)20(12-25)7-1-2-8-20/h5-6,11,13H,1-4,7-10,12,25H2,(H,26,27,29)/t13-/m0/s1. The lowest BCUT2D eigenvalue weighted by Gasteiger charge is -2.34. The molecule has 0 radical (unpaired) electrons. The Balaban J connectivity index is 1.40. The number of nitrogens with zero attached hydrogens (tertiary/aromatic N) is 2. The molecule has 1 saturated carbocycles. The molecule has 1 aliphatic heterocycles. The van der Waals surface area contributed by atoms with Crippen molar-refractivity contribution in [1.29, 1.82) is 0 Å². The first-order chi connectivity index (χ1) is 15.2. The van der Waals surface area contributed by atoms with Crippen molar-refractivity contribution in [2.24, 2.45) is 11.1 Å². The molecule has 2 aliphatic rings. The molecular formula is C21H25F3N4O3S. The van der Waals surface area contributed by atoms with Crippen LogP contribution in [0.2, 0.25) is 0 Å². The van der Waals surface area contributed by atoms with E-state index >= 15 is 0 Å². The van der Waals surface area contributed by atoms with Crippen LogP contribution >= 0.6 is 11.3 Å². The van der Waals surface area contributed by atoms with Crippen molar-refractivity contribution < 1.29 is 27.5 Å². The van der Waals surface area contributed by atoms with E-state index in [4.69, 9.17) is 5.73 Å². The van der Waals surface area contributed by atoms with Gasteiger partial charge in [-0.05, 0) is 37.8 Å². The lowest BCUT2D eigenvalue weighted by atomic mass is 9.84. The number of carbonyl (C=O) groups excluding carboxylic acids is 2. The number of aromatic nitrogens is 1. The molecule has 4 rings (SSSR count). The number of benzene rings is 1. The van der Waals surface area contributed by atoms with Crippen molar-refractivity contribution >= 4 is 38.5 Å². The Morgan fingerprint density at radius 2 is 2.03 bits per heavy atom. The molecular weight excluding hydrogens is 445 g/mol. The molecule has 11 heteroatoms. The lowest BCUT2D eigenvalue weighted by molar-refractivity contribution is -0.274. The second-order valence-electron chi connectivity index (χ2n) is 8.43. The number of amides is 2. The average Bonchev–Trinajstić information content (AvgIpc) is 3.45. The van der Waals surface area contributed by atoms with Gasteiger partial charge in [0, 0.05) is 31.6 Å². The maximum atomic E-state index is 13.2. The van der Waals surface area contributed by atoms with Crippen LogP contribution in [0.25, 0.3) is 10.2 Å². The molecule has 3 N–H and O–H groups in total. The number of thiazole rings is 1. The molecule has 0 bridgehead atoms. The van der Waals surface area contributed by atoms with Crippen LogP contribution in [0.4, 0.5) is 18.3 Å². The number of nitrogens with two attached hydrogens (primary N) is 1. The van der Waals surface area contributed by atoms with Crippen molar-refractivity contribution in [1.82, 2.24) is 9.88 Å². The van der Waals surface area contributed by atoms with Crippen molar-refractivity contribution in [2.45, 2.75) is 57.3 Å². The number of halogens is 3. The summed E-state index contributed by atoms with van der Waals surface area (Å²) in [5.41, 5.74) is 5.93. The molecule has 1 atom stereocenters. The summed E-state index contributed by atoms with van der Waals surface area (Å²) in [5.74, 6) is -0.564. The topological polar surface area (TPSA) is 97.6 Å². The van der Waals surface area contributed by atoms with Gasteiger partial charge in [-0.3, -0.25) is 9.59 Å². The van der Waals surface area contributed by atoms with Gasteiger partial charge in [0.15, 0.2) is 5.13 Å². The highest BCUT2D eigenvalue weighted by atomic mass is 32.1. The molecule has 2 amide bonds. The molecule has 7 nitrogen and oxygen atoms in total. The third-order valence-corrected chi connectivity index (χ3v) is 7.24. The highest BCUT2D eigenvalue weighted by molar-refractivity contribution is 7.22. The van der Waals surface area contributed by atoms with E-state index in [-0.39, 0.29) is 30.0 Å². The van der Waals surface area contributed by atoms with Gasteiger partial charge in [-0.25, -0.2) is 4.98 Å². The van der Waals surface area contributed by atoms with Crippen LogP contribution in [-0.2, 0) is 9.59 Å². The fraction of sp³-hybridized carbons (Fsp3) is 0.571. The van der Waals surface area contributed by atoms with E-state index in [1.54, 1.807) is 0 Å². The number of alkyl halides is 3. The van der Waals surface area contributed by atoms with E-state index in [9.17, 15) is 22.8 Å². The van der Waals surface area contributed by atoms with E-state index in [0.717, 1.165) is 49.9 Å². The van der Waals surface area contributed by atoms with E-state index in [1.807, 2.05) is 4.90 Å². The Hall–Kier alpha value is -2.40. The lowest BCUT2D eigenvalue weighted by Crippen LogP contribution is -2.49. The van der Waals surface area contributed by atoms with E-state index in [2.05, 4.69) is 15.0 Å². The van der Waals surface area contributed by atoms with E-state index < -0.39 is 11.8 Å². The molecule has 1 aromatic carbocycles. The van der Waals surface area contributed by atoms with Crippen LogP contribution in [-0.4, -0.2) is 47.2 Å². The number of fused-ring (bicyclic) bond motifs is 1. The number of hydrogen-bond donors (Lipinski definition) is 2. The van der Waals surface area contributed by atoms with Gasteiger partial charge in [-0.15, -0.1) is 13.2 Å². The van der Waals surface area contributed by atoms with Gasteiger partial charge in [0.05, 0.1) is 15.6 Å². The number of anilines is 1. The Morgan fingerprint density at radius 1 is 1.28 bits per heavy atom. The molecule has 2 heterocycles. The third kappa shape index (κ3) is 4.83. The minimum atomic E-state index is -4.78. The number of rotatable bonds is 6. The number of nitrogens with one attached hydrogen (secondary N) is 1. The van der Waals surface area contributed by atoms with Crippen LogP contribution in [0.15, 0.2) is 18.2 Å². The quantitative estimate of drug-likeness (QED) is 0.664. The van der Waals surface area contributed by atoms with E-state index in [1.165, 1.54) is 18.2 Å². The summed E-state index contributed by atoms with van der Waals surface area (Å²) in [7, 11) is 0. The number of carbonyl (C=O) groups is 2. The van der Waals surface area contributed by atoms with Crippen molar-refractivity contribution in [3.63, 3.8) is 0 Å². The fourth-order valence-corrected chi connectivity index (χ4v) is 5.63. The molecule has 2 aromatic rings. The Bertz CT molecular complexity index is 1000. The van der Waals surface area contributed by atoms with Crippen LogP contribution < -0.4 is 15.8 Å². The van der Waals surface area contributed by atoms with Gasteiger partial charge < -0.3 is 20.7 Å². The highest BCUT2D eigenvalue weighted by Gasteiger charge is 2.45. The monoisotopic (exact) mass is 470 g/mol. The summed E-state index contributed by atoms with van der Waals surface area (Å²) in [6, 6.07) is 3.64. The fourth-order valence-electron chi connectivity index (χ4n) is 4.72. The predicted molar refractivity (Wildman–Crippen MR) is 114 cm³/mol. The van der Waals surface area contributed by atoms with Gasteiger partial charge in [0.1, 0.15) is 5.75 Å². The molecule has 0 spiro atoms. The summed E-state index contributed by atoms with van der Waals surface area (Å²) < 4.78 is 41.7. The minimum Gasteiger partial charge on any atom is -0.406 e. The highest BCUT2D eigenvalue weighted by Crippen LogP contribution is 2.40. The molecule has 32 heavy (non-hydrogen) atoms. The van der Waals surface area contributed by atoms with Crippen LogP contribution in [0.3, 0.4) is 0 Å². The number of ether oxygens (including phenoxy) is 1. The number of hydrogen-bond acceptors (Lipinski definition) is 6. The summed E-state index contributed by atoms with van der Waals surface area (Å²) in [5, 5.41) is 3.01. The first-order valence-corrected chi connectivity index (χ1v) is 11.5. The molecule has 174 valence electrons. The SMILES string of the molecule is NCC1(C(=O)N2CCC[C@H]2CC(=O)Nc2nc3ccc(OC(F)(F)F)cc3s2)CCCC1. The molecule has 1 aliphatic carbocycles. The smallest absolute Gasteiger partial charge is 0.406 e. The van der Waals surface area contributed by atoms with Gasteiger partial charge >= 0.3 is 6.36 Å². The zero-order valence-corrected chi connectivity index (χ0v) is 18.2. The van der Waals surface area contributed by atoms with Crippen molar-refractivity contribution in [3.8, 4) is 5.75 Å². The Labute approximate surface area is 187 Å². The van der Waals surface area contributed by atoms with Gasteiger partial charge in [0.2, 0.25) is 11.8 Å². The minimum absolute atomic E-state index is 0.0602. The molecule has 1 aromatic heterocycles. The van der Waals surface area contributed by atoms with Crippen molar-refractivity contribution in [2.75, 3.05) is 18.4 Å². The van der Waals surface area contributed by atoms with Gasteiger partial charge in [-0.1, -0.05) is 24.2 Å². The first kappa shape index (κ1) is 22.8. The summed E-state index contributed by atoms with van der Waals surface area (Å²) in [4.78, 5) is 31.9. The van der Waals surface area contributed by atoms with Crippen LogP contribution in [0, 0.1) is 5.41 Å². The van der Waals surface area contributed by atoms with Crippen LogP contribution in [0.1, 0.15) is 44.9 Å². The van der Waals surface area contributed by atoms with E-state index in [0.29, 0.717) is 28.4 Å². The Kier molecular flexibility index (Phi) is 6.30.